The minimum absolute atomic E-state index is 0.0972. The molecule has 1 N–H and O–H groups in total. The Bertz CT molecular complexity index is 138. The van der Waals surface area contributed by atoms with Gasteiger partial charge in [0.1, 0.15) is 0 Å². The molecule has 0 fully saturated rings. The fourth-order valence-electron chi connectivity index (χ4n) is 0.926. The molecule has 0 spiro atoms. The SMILES string of the molecule is CC(C)(C)CC(Br)CC(=O)O. The van der Waals surface area contributed by atoms with E-state index in [-0.39, 0.29) is 16.7 Å². The van der Waals surface area contributed by atoms with E-state index in [2.05, 4.69) is 36.7 Å². The maximum atomic E-state index is 10.3. The van der Waals surface area contributed by atoms with E-state index < -0.39 is 5.97 Å². The summed E-state index contributed by atoms with van der Waals surface area (Å²) in [6.07, 6.45) is 1.09. The monoisotopic (exact) mass is 222 g/mol. The fourth-order valence-corrected chi connectivity index (χ4v) is 2.17. The third-order valence-electron chi connectivity index (χ3n) is 1.23. The van der Waals surface area contributed by atoms with Gasteiger partial charge in [-0.05, 0) is 11.8 Å². The van der Waals surface area contributed by atoms with Crippen molar-refractivity contribution in [3.63, 3.8) is 0 Å². The van der Waals surface area contributed by atoms with Crippen LogP contribution in [-0.4, -0.2) is 15.9 Å². The number of carboxylic acids is 1. The zero-order chi connectivity index (χ0) is 9.07. The van der Waals surface area contributed by atoms with Crippen LogP contribution in [-0.2, 0) is 4.79 Å². The lowest BCUT2D eigenvalue weighted by Crippen LogP contribution is -2.15. The van der Waals surface area contributed by atoms with E-state index in [0.29, 0.717) is 0 Å². The highest BCUT2D eigenvalue weighted by atomic mass is 79.9. The average molecular weight is 223 g/mol. The lowest BCUT2D eigenvalue weighted by atomic mass is 9.90. The normalized spacial score (nSPS) is 14.5. The molecule has 0 amide bonds. The van der Waals surface area contributed by atoms with Gasteiger partial charge in [-0.1, -0.05) is 36.7 Å². The molecule has 1 unspecified atom stereocenters. The highest BCUT2D eigenvalue weighted by Gasteiger charge is 2.18. The first kappa shape index (κ1) is 11.0. The molecule has 66 valence electrons. The van der Waals surface area contributed by atoms with Gasteiger partial charge in [0.15, 0.2) is 0 Å². The van der Waals surface area contributed by atoms with Gasteiger partial charge in [0, 0.05) is 4.83 Å². The number of rotatable bonds is 3. The molecule has 0 saturated heterocycles. The third-order valence-corrected chi connectivity index (χ3v) is 1.88. The summed E-state index contributed by atoms with van der Waals surface area (Å²) in [4.78, 5) is 10.4. The highest BCUT2D eigenvalue weighted by Crippen LogP contribution is 2.26. The second-order valence-electron chi connectivity index (χ2n) is 3.96. The van der Waals surface area contributed by atoms with Crippen LogP contribution in [0.2, 0.25) is 0 Å². The molecule has 0 aliphatic carbocycles. The Labute approximate surface area is 76.1 Å². The Morgan fingerprint density at radius 2 is 2.00 bits per heavy atom. The van der Waals surface area contributed by atoms with E-state index in [1.54, 1.807) is 0 Å². The Balaban J connectivity index is 3.69. The van der Waals surface area contributed by atoms with Crippen LogP contribution >= 0.6 is 15.9 Å². The molecule has 0 aliphatic rings. The van der Waals surface area contributed by atoms with E-state index in [1.807, 2.05) is 0 Å². The number of halogens is 1. The highest BCUT2D eigenvalue weighted by molar-refractivity contribution is 9.09. The van der Waals surface area contributed by atoms with Gasteiger partial charge in [0.25, 0.3) is 0 Å². The van der Waals surface area contributed by atoms with Crippen molar-refractivity contribution in [2.45, 2.75) is 38.4 Å². The maximum Gasteiger partial charge on any atom is 0.304 e. The van der Waals surface area contributed by atoms with Gasteiger partial charge in [-0.3, -0.25) is 4.79 Å². The van der Waals surface area contributed by atoms with Crippen molar-refractivity contribution in [2.75, 3.05) is 0 Å². The molecule has 11 heavy (non-hydrogen) atoms. The maximum absolute atomic E-state index is 10.3. The number of aliphatic carboxylic acids is 1. The van der Waals surface area contributed by atoms with Gasteiger partial charge in [-0.25, -0.2) is 0 Å². The summed E-state index contributed by atoms with van der Waals surface area (Å²) < 4.78 is 0. The Kier molecular flexibility index (Phi) is 4.08. The summed E-state index contributed by atoms with van der Waals surface area (Å²) in [7, 11) is 0. The summed E-state index contributed by atoms with van der Waals surface area (Å²) in [6, 6.07) is 0. The summed E-state index contributed by atoms with van der Waals surface area (Å²) in [5.74, 6) is -0.740. The number of carboxylic acid groups (broad SMARTS) is 1. The average Bonchev–Trinajstić information content (AvgIpc) is 1.53. The molecule has 0 heterocycles. The van der Waals surface area contributed by atoms with Crippen LogP contribution in [0.25, 0.3) is 0 Å². The zero-order valence-corrected chi connectivity index (χ0v) is 8.81. The summed E-state index contributed by atoms with van der Waals surface area (Å²) in [5.41, 5.74) is 0.198. The molecule has 1 atom stereocenters. The van der Waals surface area contributed by atoms with Gasteiger partial charge in [-0.15, -0.1) is 0 Å². The molecule has 0 aliphatic heterocycles. The Morgan fingerprint density at radius 3 is 2.27 bits per heavy atom. The molecular formula is C8H15BrO2. The molecule has 0 aromatic heterocycles. The van der Waals surface area contributed by atoms with Crippen molar-refractivity contribution in [2.24, 2.45) is 5.41 Å². The molecule has 0 rings (SSSR count). The summed E-state index contributed by atoms with van der Waals surface area (Å²) in [5, 5.41) is 8.45. The topological polar surface area (TPSA) is 37.3 Å². The van der Waals surface area contributed by atoms with Crippen LogP contribution in [0.15, 0.2) is 0 Å². The molecule has 0 aromatic rings. The van der Waals surface area contributed by atoms with E-state index in [1.165, 1.54) is 0 Å². The van der Waals surface area contributed by atoms with Crippen molar-refractivity contribution in [1.82, 2.24) is 0 Å². The molecule has 0 saturated carbocycles. The van der Waals surface area contributed by atoms with E-state index >= 15 is 0 Å². The van der Waals surface area contributed by atoms with Crippen molar-refractivity contribution >= 4 is 21.9 Å². The number of hydrogen-bond donors (Lipinski definition) is 1. The van der Waals surface area contributed by atoms with Gasteiger partial charge in [0.2, 0.25) is 0 Å². The standard InChI is InChI=1S/C8H15BrO2/c1-8(2,3)5-6(9)4-7(10)11/h6H,4-5H2,1-3H3,(H,10,11). The second kappa shape index (κ2) is 4.10. The third kappa shape index (κ3) is 7.85. The van der Waals surface area contributed by atoms with Crippen LogP contribution in [0.1, 0.15) is 33.6 Å². The van der Waals surface area contributed by atoms with Crippen LogP contribution in [0.3, 0.4) is 0 Å². The number of alkyl halides is 1. The molecule has 0 bridgehead atoms. The van der Waals surface area contributed by atoms with E-state index in [9.17, 15) is 4.79 Å². The van der Waals surface area contributed by atoms with E-state index in [4.69, 9.17) is 5.11 Å². The van der Waals surface area contributed by atoms with Gasteiger partial charge in [0.05, 0.1) is 6.42 Å². The lowest BCUT2D eigenvalue weighted by molar-refractivity contribution is -0.137. The predicted molar refractivity (Wildman–Crippen MR) is 49.0 cm³/mol. The number of hydrogen-bond acceptors (Lipinski definition) is 1. The first-order valence-corrected chi connectivity index (χ1v) is 4.59. The van der Waals surface area contributed by atoms with Crippen molar-refractivity contribution in [3.05, 3.63) is 0 Å². The first-order valence-electron chi connectivity index (χ1n) is 3.67. The Hall–Kier alpha value is -0.0500. The van der Waals surface area contributed by atoms with Gasteiger partial charge >= 0.3 is 5.97 Å². The van der Waals surface area contributed by atoms with Gasteiger partial charge in [-0.2, -0.15) is 0 Å². The lowest BCUT2D eigenvalue weighted by Gasteiger charge is -2.20. The minimum Gasteiger partial charge on any atom is -0.481 e. The van der Waals surface area contributed by atoms with Crippen molar-refractivity contribution < 1.29 is 9.90 Å². The number of carbonyl (C=O) groups is 1. The quantitative estimate of drug-likeness (QED) is 0.746. The minimum atomic E-state index is -0.740. The first-order chi connectivity index (χ1) is 4.81. The van der Waals surface area contributed by atoms with E-state index in [0.717, 1.165) is 6.42 Å². The molecular weight excluding hydrogens is 208 g/mol. The summed E-state index contributed by atoms with van der Waals surface area (Å²) in [6.45, 7) is 6.30. The van der Waals surface area contributed by atoms with Crippen LogP contribution in [0.4, 0.5) is 0 Å². The van der Waals surface area contributed by atoms with Crippen LogP contribution in [0, 0.1) is 5.41 Å². The smallest absolute Gasteiger partial charge is 0.304 e. The van der Waals surface area contributed by atoms with Crippen LogP contribution in [0.5, 0.6) is 0 Å². The molecule has 3 heteroatoms. The van der Waals surface area contributed by atoms with Crippen molar-refractivity contribution in [3.8, 4) is 0 Å². The molecule has 0 aromatic carbocycles. The van der Waals surface area contributed by atoms with Crippen molar-refractivity contribution in [1.29, 1.82) is 0 Å². The summed E-state index contributed by atoms with van der Waals surface area (Å²) >= 11 is 3.33. The zero-order valence-electron chi connectivity index (χ0n) is 7.22. The Morgan fingerprint density at radius 1 is 1.55 bits per heavy atom. The largest absolute Gasteiger partial charge is 0.481 e. The molecule has 0 radical (unpaired) electrons. The second-order valence-corrected chi connectivity index (χ2v) is 5.25. The molecule has 2 nitrogen and oxygen atoms in total. The predicted octanol–water partition coefficient (Wildman–Crippen LogP) is 2.66. The van der Waals surface area contributed by atoms with Gasteiger partial charge < -0.3 is 5.11 Å². The fraction of sp³-hybridized carbons (Fsp3) is 0.875. The van der Waals surface area contributed by atoms with Crippen LogP contribution < -0.4 is 0 Å².